The fourth-order valence-electron chi connectivity index (χ4n) is 1.60. The van der Waals surface area contributed by atoms with Crippen molar-refractivity contribution in [3.8, 4) is 0 Å². The fraction of sp³-hybridized carbons (Fsp3) is 0.900. The number of hydrogen-bond acceptors (Lipinski definition) is 3. The summed E-state index contributed by atoms with van der Waals surface area (Å²) >= 11 is 0. The molecule has 1 atom stereocenters. The molecule has 0 aromatic rings. The standard InChI is InChI=1S/C10H20N2O3/c1-14-6-4-12-10(13)8-11-7-9-3-2-5-15-9/h9,11H,2-8H2,1H3,(H,12,13)/p+1/t9-/m0/s1. The fourth-order valence-corrected chi connectivity index (χ4v) is 1.60. The van der Waals surface area contributed by atoms with Gasteiger partial charge in [-0.2, -0.15) is 0 Å². The third kappa shape index (κ3) is 5.71. The van der Waals surface area contributed by atoms with E-state index in [2.05, 4.69) is 5.32 Å². The molecular weight excluding hydrogens is 196 g/mol. The summed E-state index contributed by atoms with van der Waals surface area (Å²) in [6.07, 6.45) is 2.62. The highest BCUT2D eigenvalue weighted by molar-refractivity contribution is 5.76. The molecule has 0 aromatic carbocycles. The summed E-state index contributed by atoms with van der Waals surface area (Å²) in [7, 11) is 1.62. The molecule has 5 nitrogen and oxygen atoms in total. The number of nitrogens with two attached hydrogens (primary N) is 1. The van der Waals surface area contributed by atoms with E-state index in [0.717, 1.165) is 26.0 Å². The molecule has 0 saturated carbocycles. The number of hydrogen-bond donors (Lipinski definition) is 2. The van der Waals surface area contributed by atoms with Crippen LogP contribution in [-0.2, 0) is 14.3 Å². The van der Waals surface area contributed by atoms with Crippen LogP contribution in [0, 0.1) is 0 Å². The van der Waals surface area contributed by atoms with Crippen LogP contribution in [-0.4, -0.2) is 52.0 Å². The molecule has 0 bridgehead atoms. The van der Waals surface area contributed by atoms with Gasteiger partial charge in [0, 0.05) is 20.3 Å². The molecule has 1 aliphatic heterocycles. The van der Waals surface area contributed by atoms with Crippen molar-refractivity contribution < 1.29 is 19.6 Å². The van der Waals surface area contributed by atoms with E-state index in [9.17, 15) is 4.79 Å². The molecule has 1 fully saturated rings. The van der Waals surface area contributed by atoms with Crippen LogP contribution in [0.3, 0.4) is 0 Å². The zero-order chi connectivity index (χ0) is 10.9. The average Bonchev–Trinajstić information content (AvgIpc) is 2.71. The lowest BCUT2D eigenvalue weighted by Gasteiger charge is -2.08. The Balaban J connectivity index is 1.91. The molecule has 0 aromatic heterocycles. The Labute approximate surface area is 90.5 Å². The first-order chi connectivity index (χ1) is 7.33. The molecule has 0 spiro atoms. The maximum absolute atomic E-state index is 11.3. The lowest BCUT2D eigenvalue weighted by atomic mass is 10.2. The number of nitrogens with one attached hydrogen (secondary N) is 1. The molecule has 1 heterocycles. The van der Waals surface area contributed by atoms with Gasteiger partial charge in [0.15, 0.2) is 6.54 Å². The monoisotopic (exact) mass is 217 g/mol. The van der Waals surface area contributed by atoms with Crippen LogP contribution < -0.4 is 10.6 Å². The summed E-state index contributed by atoms with van der Waals surface area (Å²) in [6, 6.07) is 0. The highest BCUT2D eigenvalue weighted by Crippen LogP contribution is 2.08. The van der Waals surface area contributed by atoms with Gasteiger partial charge in [-0.15, -0.1) is 0 Å². The highest BCUT2D eigenvalue weighted by Gasteiger charge is 2.17. The SMILES string of the molecule is COCCNC(=O)C[NH2+]C[C@@H]1CCCO1. The third-order valence-corrected chi connectivity index (χ3v) is 2.41. The van der Waals surface area contributed by atoms with Gasteiger partial charge in [-0.3, -0.25) is 4.79 Å². The maximum Gasteiger partial charge on any atom is 0.275 e. The Morgan fingerprint density at radius 3 is 3.20 bits per heavy atom. The Kier molecular flexibility index (Phi) is 6.31. The van der Waals surface area contributed by atoms with Crippen LogP contribution >= 0.6 is 0 Å². The van der Waals surface area contributed by atoms with Crippen LogP contribution in [0.25, 0.3) is 0 Å². The first kappa shape index (κ1) is 12.4. The van der Waals surface area contributed by atoms with Crippen LogP contribution in [0.5, 0.6) is 0 Å². The topological polar surface area (TPSA) is 64.2 Å². The number of carbonyl (C=O) groups is 1. The summed E-state index contributed by atoms with van der Waals surface area (Å²) in [5.74, 6) is 0.0602. The van der Waals surface area contributed by atoms with Crippen molar-refractivity contribution in [3.05, 3.63) is 0 Å². The Morgan fingerprint density at radius 2 is 2.53 bits per heavy atom. The minimum absolute atomic E-state index is 0.0602. The lowest BCUT2D eigenvalue weighted by molar-refractivity contribution is -0.650. The minimum Gasteiger partial charge on any atom is -0.383 e. The second-order valence-corrected chi connectivity index (χ2v) is 3.71. The summed E-state index contributed by atoms with van der Waals surface area (Å²) in [6.45, 7) is 3.39. The van der Waals surface area contributed by atoms with Crippen LogP contribution in [0.4, 0.5) is 0 Å². The van der Waals surface area contributed by atoms with Crippen molar-refractivity contribution in [2.24, 2.45) is 0 Å². The number of methoxy groups -OCH3 is 1. The van der Waals surface area contributed by atoms with E-state index in [0.29, 0.717) is 25.8 Å². The van der Waals surface area contributed by atoms with E-state index in [4.69, 9.17) is 9.47 Å². The van der Waals surface area contributed by atoms with Gasteiger partial charge in [-0.05, 0) is 12.8 Å². The predicted molar refractivity (Wildman–Crippen MR) is 55.5 cm³/mol. The summed E-state index contributed by atoms with van der Waals surface area (Å²) < 4.78 is 10.3. The zero-order valence-corrected chi connectivity index (χ0v) is 9.33. The van der Waals surface area contributed by atoms with Crippen molar-refractivity contribution in [2.75, 3.05) is 40.0 Å². The molecule has 3 N–H and O–H groups in total. The Bertz CT molecular complexity index is 182. The Morgan fingerprint density at radius 1 is 1.67 bits per heavy atom. The molecule has 5 heteroatoms. The zero-order valence-electron chi connectivity index (χ0n) is 9.33. The minimum atomic E-state index is 0.0602. The van der Waals surface area contributed by atoms with Gasteiger partial charge < -0.3 is 20.1 Å². The number of rotatable bonds is 7. The van der Waals surface area contributed by atoms with E-state index in [1.165, 1.54) is 0 Å². The molecule has 1 aliphatic rings. The summed E-state index contributed by atoms with van der Waals surface area (Å²) in [4.78, 5) is 11.3. The normalized spacial score (nSPS) is 20.5. The first-order valence-corrected chi connectivity index (χ1v) is 5.52. The van der Waals surface area contributed by atoms with E-state index < -0.39 is 0 Å². The molecule has 88 valence electrons. The van der Waals surface area contributed by atoms with Gasteiger partial charge in [0.1, 0.15) is 12.6 Å². The molecule has 15 heavy (non-hydrogen) atoms. The third-order valence-electron chi connectivity index (χ3n) is 2.41. The molecule has 0 aliphatic carbocycles. The van der Waals surface area contributed by atoms with E-state index in [1.807, 2.05) is 5.32 Å². The molecule has 1 amide bonds. The van der Waals surface area contributed by atoms with Crippen LogP contribution in [0.2, 0.25) is 0 Å². The van der Waals surface area contributed by atoms with Crippen molar-refractivity contribution in [1.29, 1.82) is 0 Å². The van der Waals surface area contributed by atoms with Crippen molar-refractivity contribution in [2.45, 2.75) is 18.9 Å². The molecular formula is C10H21N2O3+. The van der Waals surface area contributed by atoms with E-state index in [1.54, 1.807) is 7.11 Å². The largest absolute Gasteiger partial charge is 0.383 e. The summed E-state index contributed by atoms with van der Waals surface area (Å²) in [5, 5.41) is 4.77. The highest BCUT2D eigenvalue weighted by atomic mass is 16.5. The average molecular weight is 217 g/mol. The predicted octanol–water partition coefficient (Wildman–Crippen LogP) is -1.51. The van der Waals surface area contributed by atoms with Gasteiger partial charge in [0.25, 0.3) is 5.91 Å². The second-order valence-electron chi connectivity index (χ2n) is 3.71. The van der Waals surface area contributed by atoms with Gasteiger partial charge in [-0.25, -0.2) is 0 Å². The van der Waals surface area contributed by atoms with Crippen molar-refractivity contribution in [3.63, 3.8) is 0 Å². The first-order valence-electron chi connectivity index (χ1n) is 5.52. The molecule has 0 unspecified atom stereocenters. The quantitative estimate of drug-likeness (QED) is 0.510. The molecule has 1 rings (SSSR count). The molecule has 0 radical (unpaired) electrons. The van der Waals surface area contributed by atoms with Gasteiger partial charge in [0.2, 0.25) is 0 Å². The van der Waals surface area contributed by atoms with Crippen LogP contribution in [0.15, 0.2) is 0 Å². The number of carbonyl (C=O) groups excluding carboxylic acids is 1. The lowest BCUT2D eigenvalue weighted by Crippen LogP contribution is -2.88. The number of quaternary nitrogens is 1. The second kappa shape index (κ2) is 7.62. The number of ether oxygens (including phenoxy) is 2. The smallest absolute Gasteiger partial charge is 0.275 e. The van der Waals surface area contributed by atoms with Crippen LogP contribution in [0.1, 0.15) is 12.8 Å². The Hall–Kier alpha value is -0.650. The summed E-state index contributed by atoms with van der Waals surface area (Å²) in [5.41, 5.74) is 0. The van der Waals surface area contributed by atoms with Crippen molar-refractivity contribution in [1.82, 2.24) is 5.32 Å². The van der Waals surface area contributed by atoms with Gasteiger partial charge >= 0.3 is 0 Å². The number of amides is 1. The van der Waals surface area contributed by atoms with Gasteiger partial charge in [-0.1, -0.05) is 0 Å². The van der Waals surface area contributed by atoms with Gasteiger partial charge in [0.05, 0.1) is 6.61 Å². The molecule has 1 saturated heterocycles. The van der Waals surface area contributed by atoms with Crippen molar-refractivity contribution >= 4 is 5.91 Å². The van der Waals surface area contributed by atoms with E-state index in [-0.39, 0.29) is 5.91 Å². The maximum atomic E-state index is 11.3. The van der Waals surface area contributed by atoms with E-state index >= 15 is 0 Å².